The van der Waals surface area contributed by atoms with E-state index in [1.165, 1.54) is 16.6 Å². The average Bonchev–Trinajstić information content (AvgIpc) is 3.12. The Bertz CT molecular complexity index is 1190. The van der Waals surface area contributed by atoms with Gasteiger partial charge < -0.3 is 5.32 Å². The molecule has 30 heavy (non-hydrogen) atoms. The van der Waals surface area contributed by atoms with Crippen LogP contribution in [0.15, 0.2) is 34.2 Å². The van der Waals surface area contributed by atoms with E-state index in [1.54, 1.807) is 40.2 Å². The molecule has 1 amide bonds. The Hall–Kier alpha value is -2.34. The van der Waals surface area contributed by atoms with E-state index >= 15 is 0 Å². The highest BCUT2D eigenvalue weighted by molar-refractivity contribution is 7.99. The summed E-state index contributed by atoms with van der Waals surface area (Å²) in [5.41, 5.74) is 1.70. The Morgan fingerprint density at radius 2 is 2.07 bits per heavy atom. The van der Waals surface area contributed by atoms with Gasteiger partial charge in [0.05, 0.1) is 29.3 Å². The predicted octanol–water partition coefficient (Wildman–Crippen LogP) is 4.10. The number of rotatable bonds is 6. The van der Waals surface area contributed by atoms with Crippen LogP contribution in [0.1, 0.15) is 29.7 Å². The summed E-state index contributed by atoms with van der Waals surface area (Å²) in [5, 5.41) is 13.1. The molecule has 2 aromatic heterocycles. The molecule has 0 saturated heterocycles. The van der Waals surface area contributed by atoms with E-state index in [2.05, 4.69) is 5.32 Å². The summed E-state index contributed by atoms with van der Waals surface area (Å²) in [6.45, 7) is 0.310. The van der Waals surface area contributed by atoms with Crippen molar-refractivity contribution in [2.45, 2.75) is 37.3 Å². The van der Waals surface area contributed by atoms with Crippen molar-refractivity contribution < 1.29 is 4.79 Å². The number of carbonyl (C=O) groups is 1. The fraction of sp³-hybridized carbons (Fsp3) is 0.333. The molecule has 1 aliphatic rings. The number of nitrogens with one attached hydrogen (secondary N) is 1. The normalized spacial score (nSPS) is 13.1. The van der Waals surface area contributed by atoms with Gasteiger partial charge in [-0.15, -0.1) is 11.3 Å². The molecule has 0 fully saturated rings. The molecule has 0 atom stereocenters. The van der Waals surface area contributed by atoms with Crippen LogP contribution in [0.3, 0.4) is 0 Å². The maximum atomic E-state index is 13.6. The predicted molar refractivity (Wildman–Crippen MR) is 121 cm³/mol. The number of thiophene rings is 1. The van der Waals surface area contributed by atoms with Crippen LogP contribution < -0.4 is 10.9 Å². The number of hydrogen-bond donors (Lipinski definition) is 1. The fourth-order valence-electron chi connectivity index (χ4n) is 3.54. The molecule has 0 aliphatic heterocycles. The number of aromatic nitrogens is 2. The highest BCUT2D eigenvalue weighted by Gasteiger charge is 2.23. The highest BCUT2D eigenvalue weighted by atomic mass is 35.5. The van der Waals surface area contributed by atoms with E-state index in [9.17, 15) is 9.59 Å². The molecule has 0 unspecified atom stereocenters. The Kier molecular flexibility index (Phi) is 6.42. The summed E-state index contributed by atoms with van der Waals surface area (Å²) in [7, 11) is 0. The molecule has 6 nitrogen and oxygen atoms in total. The number of nitriles is 1. The number of thioether (sulfide) groups is 1. The van der Waals surface area contributed by atoms with Gasteiger partial charge in [-0.1, -0.05) is 23.4 Å². The van der Waals surface area contributed by atoms with Gasteiger partial charge >= 0.3 is 0 Å². The van der Waals surface area contributed by atoms with Crippen molar-refractivity contribution in [3.63, 3.8) is 0 Å². The molecule has 154 valence electrons. The number of hydrogen-bond acceptors (Lipinski definition) is 6. The third-order valence-corrected chi connectivity index (χ3v) is 7.31. The number of aryl methyl sites for hydroxylation is 2. The van der Waals surface area contributed by atoms with Crippen molar-refractivity contribution in [1.82, 2.24) is 14.9 Å². The second-order valence-electron chi connectivity index (χ2n) is 6.95. The first kappa shape index (κ1) is 20.9. The van der Waals surface area contributed by atoms with Gasteiger partial charge in [-0.2, -0.15) is 5.26 Å². The quantitative estimate of drug-likeness (QED) is 0.341. The Morgan fingerprint density at radius 3 is 2.83 bits per heavy atom. The van der Waals surface area contributed by atoms with Crippen LogP contribution in [0.5, 0.6) is 0 Å². The molecule has 9 heteroatoms. The van der Waals surface area contributed by atoms with E-state index in [-0.39, 0.29) is 23.6 Å². The molecule has 0 bridgehead atoms. The summed E-state index contributed by atoms with van der Waals surface area (Å²) < 4.78 is 1.58. The van der Waals surface area contributed by atoms with Crippen molar-refractivity contribution in [2.24, 2.45) is 0 Å². The van der Waals surface area contributed by atoms with E-state index in [0.717, 1.165) is 36.1 Å². The lowest BCUT2D eigenvalue weighted by Gasteiger charge is -2.13. The first-order valence-electron chi connectivity index (χ1n) is 9.68. The van der Waals surface area contributed by atoms with Crippen molar-refractivity contribution in [1.29, 1.82) is 5.26 Å². The minimum atomic E-state index is -0.197. The molecule has 2 heterocycles. The number of benzene rings is 1. The van der Waals surface area contributed by atoms with Crippen LogP contribution in [0.2, 0.25) is 5.02 Å². The monoisotopic (exact) mass is 458 g/mol. The summed E-state index contributed by atoms with van der Waals surface area (Å²) >= 11 is 8.84. The topological polar surface area (TPSA) is 87.8 Å². The second-order valence-corrected chi connectivity index (χ2v) is 9.41. The lowest BCUT2D eigenvalue weighted by molar-refractivity contribution is -0.118. The first-order chi connectivity index (χ1) is 14.6. The van der Waals surface area contributed by atoms with Crippen LogP contribution in [0.25, 0.3) is 15.9 Å². The molecule has 1 aromatic carbocycles. The molecule has 1 N–H and O–H groups in total. The van der Waals surface area contributed by atoms with Gasteiger partial charge in [0.2, 0.25) is 5.91 Å². The van der Waals surface area contributed by atoms with Crippen LogP contribution in [0, 0.1) is 11.3 Å². The highest BCUT2D eigenvalue weighted by Crippen LogP contribution is 2.35. The van der Waals surface area contributed by atoms with E-state index in [0.29, 0.717) is 27.8 Å². The van der Waals surface area contributed by atoms with Crippen molar-refractivity contribution in [2.75, 3.05) is 12.3 Å². The molecule has 0 radical (unpaired) electrons. The van der Waals surface area contributed by atoms with Crippen LogP contribution in [-0.4, -0.2) is 27.8 Å². The SMILES string of the molecule is N#CCCNC(=O)CSc1nc2sc3c(c2c(=O)n1-c1ccc(Cl)cc1)CCCC3. The number of amides is 1. The maximum absolute atomic E-state index is 13.6. The van der Waals surface area contributed by atoms with E-state index in [4.69, 9.17) is 21.8 Å². The van der Waals surface area contributed by atoms with Crippen LogP contribution in [0.4, 0.5) is 0 Å². The Balaban J connectivity index is 1.76. The molecule has 0 saturated carbocycles. The Morgan fingerprint density at radius 1 is 1.30 bits per heavy atom. The van der Waals surface area contributed by atoms with Gasteiger partial charge in [0.15, 0.2) is 5.16 Å². The third-order valence-electron chi connectivity index (χ3n) is 4.93. The summed E-state index contributed by atoms with van der Waals surface area (Å²) in [6.07, 6.45) is 4.37. The minimum Gasteiger partial charge on any atom is -0.354 e. The molecule has 3 aromatic rings. The summed E-state index contributed by atoms with van der Waals surface area (Å²) in [5.74, 6) is -0.0834. The van der Waals surface area contributed by atoms with Gasteiger partial charge in [-0.05, 0) is 55.5 Å². The van der Waals surface area contributed by atoms with Gasteiger partial charge in [0.1, 0.15) is 4.83 Å². The van der Waals surface area contributed by atoms with Gasteiger partial charge in [-0.25, -0.2) is 4.98 Å². The maximum Gasteiger partial charge on any atom is 0.267 e. The zero-order valence-electron chi connectivity index (χ0n) is 16.1. The lowest BCUT2D eigenvalue weighted by Crippen LogP contribution is -2.27. The smallest absolute Gasteiger partial charge is 0.267 e. The largest absolute Gasteiger partial charge is 0.354 e. The zero-order chi connectivity index (χ0) is 21.1. The molecule has 4 rings (SSSR count). The second kappa shape index (κ2) is 9.21. The molecule has 0 spiro atoms. The van der Waals surface area contributed by atoms with E-state index in [1.807, 2.05) is 6.07 Å². The average molecular weight is 459 g/mol. The standard InChI is InChI=1S/C21H19ClN4O2S2/c22-13-6-8-14(9-7-13)26-20(28)18-15-4-1-2-5-16(15)30-19(18)25-21(26)29-12-17(27)24-11-3-10-23/h6-9H,1-5,11-12H2,(H,24,27). The van der Waals surface area contributed by atoms with Crippen molar-refractivity contribution >= 4 is 50.8 Å². The fourth-order valence-corrected chi connectivity index (χ4v) is 5.81. The van der Waals surface area contributed by atoms with Crippen LogP contribution in [-0.2, 0) is 17.6 Å². The number of halogens is 1. The number of fused-ring (bicyclic) bond motifs is 3. The molecule has 1 aliphatic carbocycles. The van der Waals surface area contributed by atoms with Gasteiger partial charge in [0, 0.05) is 16.4 Å². The third kappa shape index (κ3) is 4.24. The number of carbonyl (C=O) groups excluding carboxylic acids is 1. The number of nitrogens with zero attached hydrogens (tertiary/aromatic N) is 3. The van der Waals surface area contributed by atoms with Crippen LogP contribution >= 0.6 is 34.7 Å². The minimum absolute atomic E-state index is 0.103. The molecular weight excluding hydrogens is 440 g/mol. The Labute approximate surface area is 186 Å². The lowest BCUT2D eigenvalue weighted by atomic mass is 9.97. The van der Waals surface area contributed by atoms with Crippen molar-refractivity contribution in [3.8, 4) is 11.8 Å². The zero-order valence-corrected chi connectivity index (χ0v) is 18.5. The summed E-state index contributed by atoms with van der Waals surface area (Å²) in [6, 6.07) is 9.04. The van der Waals surface area contributed by atoms with Gasteiger partial charge in [0.25, 0.3) is 5.56 Å². The summed E-state index contributed by atoms with van der Waals surface area (Å²) in [4.78, 5) is 32.5. The van der Waals surface area contributed by atoms with Crippen molar-refractivity contribution in [3.05, 3.63) is 50.1 Å². The molecular formula is C21H19ClN4O2S2. The first-order valence-corrected chi connectivity index (χ1v) is 11.9. The van der Waals surface area contributed by atoms with E-state index < -0.39 is 0 Å². The van der Waals surface area contributed by atoms with Gasteiger partial charge in [-0.3, -0.25) is 14.2 Å².